The predicted octanol–water partition coefficient (Wildman–Crippen LogP) is 7.27. The van der Waals surface area contributed by atoms with Crippen molar-refractivity contribution in [3.63, 3.8) is 0 Å². The molecule has 1 N–H and O–H groups in total. The van der Waals surface area contributed by atoms with E-state index in [-0.39, 0.29) is 30.0 Å². The van der Waals surface area contributed by atoms with E-state index in [1.54, 1.807) is 0 Å². The first-order valence-corrected chi connectivity index (χ1v) is 11.5. The van der Waals surface area contributed by atoms with Gasteiger partial charge in [-0.2, -0.15) is 13.2 Å². The molecule has 2 aromatic carbocycles. The SMILES string of the molecule is Cc1c(Cl)ccc2[nH]c([C@@H]3[C@@H](C)CCN3C3=[C]C(c4ccccc4)CC=C3C(F)(F)F)nc12. The summed E-state index contributed by atoms with van der Waals surface area (Å²) in [5.41, 5.74) is 2.94. The number of allylic oxidation sites excluding steroid dienone is 3. The molecule has 1 radical (unpaired) electrons. The van der Waals surface area contributed by atoms with E-state index in [1.807, 2.05) is 54.3 Å². The molecule has 3 atom stereocenters. The number of hydrogen-bond donors (Lipinski definition) is 1. The van der Waals surface area contributed by atoms with Crippen molar-refractivity contribution >= 4 is 22.6 Å². The second kappa shape index (κ2) is 8.24. The summed E-state index contributed by atoms with van der Waals surface area (Å²) in [4.78, 5) is 9.98. The van der Waals surface area contributed by atoms with Crippen LogP contribution >= 0.6 is 11.6 Å². The molecule has 171 valence electrons. The summed E-state index contributed by atoms with van der Waals surface area (Å²) in [6.45, 7) is 4.48. The number of imidazole rings is 1. The minimum atomic E-state index is -4.45. The van der Waals surface area contributed by atoms with Crippen LogP contribution in [0, 0.1) is 18.9 Å². The molecule has 7 heteroatoms. The average molecular weight is 471 g/mol. The van der Waals surface area contributed by atoms with Crippen LogP contribution in [0.4, 0.5) is 13.2 Å². The van der Waals surface area contributed by atoms with Crippen LogP contribution in [0.2, 0.25) is 5.02 Å². The van der Waals surface area contributed by atoms with Crippen molar-refractivity contribution in [1.82, 2.24) is 14.9 Å². The zero-order chi connectivity index (χ0) is 23.3. The van der Waals surface area contributed by atoms with E-state index in [0.29, 0.717) is 17.4 Å². The molecule has 0 saturated carbocycles. The lowest BCUT2D eigenvalue weighted by atomic mass is 9.87. The van der Waals surface area contributed by atoms with Gasteiger partial charge in [-0.3, -0.25) is 0 Å². The first-order valence-electron chi connectivity index (χ1n) is 11.1. The summed E-state index contributed by atoms with van der Waals surface area (Å²) >= 11 is 6.27. The van der Waals surface area contributed by atoms with Gasteiger partial charge in [0, 0.05) is 17.5 Å². The third-order valence-corrected chi connectivity index (χ3v) is 7.17. The van der Waals surface area contributed by atoms with Crippen molar-refractivity contribution in [3.8, 4) is 0 Å². The van der Waals surface area contributed by atoms with Gasteiger partial charge in [-0.25, -0.2) is 4.98 Å². The molecule has 1 fully saturated rings. The molecule has 1 aliphatic heterocycles. The molecule has 0 spiro atoms. The van der Waals surface area contributed by atoms with Gasteiger partial charge in [-0.1, -0.05) is 54.9 Å². The van der Waals surface area contributed by atoms with Crippen molar-refractivity contribution in [2.75, 3.05) is 6.54 Å². The van der Waals surface area contributed by atoms with Crippen LogP contribution in [0.15, 0.2) is 59.8 Å². The first-order chi connectivity index (χ1) is 15.7. The molecule has 3 aromatic rings. The molecule has 1 unspecified atom stereocenters. The van der Waals surface area contributed by atoms with Crippen LogP contribution in [0.1, 0.15) is 48.7 Å². The Hall–Kier alpha value is -2.73. The van der Waals surface area contributed by atoms with Gasteiger partial charge in [0.25, 0.3) is 0 Å². The van der Waals surface area contributed by atoms with Crippen molar-refractivity contribution in [2.24, 2.45) is 5.92 Å². The lowest BCUT2D eigenvalue weighted by molar-refractivity contribution is -0.0924. The molecule has 0 bridgehead atoms. The van der Waals surface area contributed by atoms with Gasteiger partial charge < -0.3 is 9.88 Å². The van der Waals surface area contributed by atoms with E-state index in [9.17, 15) is 13.2 Å². The minimum Gasteiger partial charge on any atom is -0.360 e. The van der Waals surface area contributed by atoms with Gasteiger partial charge in [-0.05, 0) is 55.0 Å². The highest BCUT2D eigenvalue weighted by Gasteiger charge is 2.44. The minimum absolute atomic E-state index is 0.127. The molecule has 1 aromatic heterocycles. The van der Waals surface area contributed by atoms with Crippen molar-refractivity contribution in [2.45, 2.75) is 44.8 Å². The highest BCUT2D eigenvalue weighted by molar-refractivity contribution is 6.32. The second-order valence-electron chi connectivity index (χ2n) is 8.90. The van der Waals surface area contributed by atoms with Crippen LogP contribution < -0.4 is 0 Å². The van der Waals surface area contributed by atoms with E-state index in [2.05, 4.69) is 18.0 Å². The number of halogens is 4. The fourth-order valence-corrected chi connectivity index (χ4v) is 5.14. The highest BCUT2D eigenvalue weighted by atomic mass is 35.5. The van der Waals surface area contributed by atoms with Crippen molar-refractivity contribution < 1.29 is 13.2 Å². The molecule has 1 saturated heterocycles. The quantitative estimate of drug-likeness (QED) is 0.436. The van der Waals surface area contributed by atoms with Crippen molar-refractivity contribution in [3.05, 3.63) is 87.9 Å². The number of nitrogens with one attached hydrogen (secondary N) is 1. The first kappa shape index (κ1) is 22.1. The number of rotatable bonds is 3. The smallest absolute Gasteiger partial charge is 0.360 e. The lowest BCUT2D eigenvalue weighted by Crippen LogP contribution is -2.32. The van der Waals surface area contributed by atoms with Gasteiger partial charge in [0.2, 0.25) is 0 Å². The number of benzene rings is 2. The summed E-state index contributed by atoms with van der Waals surface area (Å²) < 4.78 is 42.2. The van der Waals surface area contributed by atoms with E-state index >= 15 is 0 Å². The number of aryl methyl sites for hydroxylation is 1. The largest absolute Gasteiger partial charge is 0.418 e. The fraction of sp³-hybridized carbons (Fsp3) is 0.346. The molecule has 2 aliphatic rings. The molecule has 0 amide bonds. The molecular formula is C26H24ClF3N3. The fourth-order valence-electron chi connectivity index (χ4n) is 4.99. The Morgan fingerprint density at radius 1 is 1.15 bits per heavy atom. The van der Waals surface area contributed by atoms with Gasteiger partial charge in [0.1, 0.15) is 5.82 Å². The van der Waals surface area contributed by atoms with Crippen LogP contribution in [-0.4, -0.2) is 27.6 Å². The lowest BCUT2D eigenvalue weighted by Gasteiger charge is -2.34. The molecule has 2 heterocycles. The third kappa shape index (κ3) is 3.95. The summed E-state index contributed by atoms with van der Waals surface area (Å²) in [5.74, 6) is 0.570. The number of alkyl halides is 3. The van der Waals surface area contributed by atoms with Crippen LogP contribution in [0.5, 0.6) is 0 Å². The summed E-state index contributed by atoms with van der Waals surface area (Å²) in [5, 5.41) is 0.619. The monoisotopic (exact) mass is 470 g/mol. The van der Waals surface area contributed by atoms with Gasteiger partial charge in [0.05, 0.1) is 28.3 Å². The standard InChI is InChI=1S/C26H24ClF3N3/c1-15-12-13-33(24(15)25-31-21-11-10-20(27)16(2)23(21)32-25)22-14-18(17-6-4-3-5-7-17)8-9-19(22)26(28,29)30/h3-7,9-11,15,18,24H,8,12-13H2,1-2H3,(H,31,32)/t15-,18?,24-/m0/s1. The zero-order valence-corrected chi connectivity index (χ0v) is 19.1. The molecular weight excluding hydrogens is 447 g/mol. The normalized spacial score (nSPS) is 23.7. The van der Waals surface area contributed by atoms with Gasteiger partial charge in [0.15, 0.2) is 0 Å². The number of H-pyrrole nitrogens is 1. The topological polar surface area (TPSA) is 31.9 Å². The van der Waals surface area contributed by atoms with Gasteiger partial charge in [-0.15, -0.1) is 0 Å². The number of likely N-dealkylation sites (tertiary alicyclic amines) is 1. The van der Waals surface area contributed by atoms with Gasteiger partial charge >= 0.3 is 6.18 Å². The summed E-state index contributed by atoms with van der Waals surface area (Å²) in [7, 11) is 0. The Morgan fingerprint density at radius 2 is 1.91 bits per heavy atom. The van der Waals surface area contributed by atoms with E-state index in [4.69, 9.17) is 16.6 Å². The summed E-state index contributed by atoms with van der Waals surface area (Å²) in [6, 6.07) is 13.0. The van der Waals surface area contributed by atoms with E-state index in [1.165, 1.54) is 6.08 Å². The molecule has 33 heavy (non-hydrogen) atoms. The van der Waals surface area contributed by atoms with Crippen molar-refractivity contribution in [1.29, 1.82) is 0 Å². The number of aromatic amines is 1. The third-order valence-electron chi connectivity index (χ3n) is 6.76. The Labute approximate surface area is 196 Å². The number of aromatic nitrogens is 2. The molecule has 5 rings (SSSR count). The Morgan fingerprint density at radius 3 is 2.64 bits per heavy atom. The highest BCUT2D eigenvalue weighted by Crippen LogP contribution is 2.46. The molecule has 3 nitrogen and oxygen atoms in total. The maximum atomic E-state index is 14.1. The predicted molar refractivity (Wildman–Crippen MR) is 124 cm³/mol. The Bertz CT molecular complexity index is 1240. The maximum Gasteiger partial charge on any atom is 0.418 e. The second-order valence-corrected chi connectivity index (χ2v) is 9.31. The van der Waals surface area contributed by atoms with Crippen LogP contribution in [0.3, 0.4) is 0 Å². The Balaban J connectivity index is 1.59. The van der Waals surface area contributed by atoms with Crippen LogP contribution in [-0.2, 0) is 0 Å². The zero-order valence-electron chi connectivity index (χ0n) is 18.4. The maximum absolute atomic E-state index is 14.1. The van der Waals surface area contributed by atoms with E-state index < -0.39 is 11.7 Å². The number of hydrogen-bond acceptors (Lipinski definition) is 2. The summed E-state index contributed by atoms with van der Waals surface area (Å²) in [6.07, 6.45) is 1.16. The Kier molecular flexibility index (Phi) is 5.52. The molecule has 1 aliphatic carbocycles. The van der Waals surface area contributed by atoms with E-state index in [0.717, 1.165) is 28.6 Å². The average Bonchev–Trinajstić information content (AvgIpc) is 3.39. The number of nitrogens with zero attached hydrogens (tertiary/aromatic N) is 2. The number of fused-ring (bicyclic) bond motifs is 1. The van der Waals surface area contributed by atoms with Crippen LogP contribution in [0.25, 0.3) is 11.0 Å².